The van der Waals surface area contributed by atoms with E-state index in [9.17, 15) is 15.4 Å². The Kier molecular flexibility index (Phi) is 2.99. The molecule has 16 heavy (non-hydrogen) atoms. The standard InChI is InChI=1S/C12H17NO3/c1-9-12(15)11(14)8-13(9,16)7-10-5-3-2-4-6-10/h2-6,9,11-12,14-15H,7-8H2,1H3/t9-,11+,12-,13?/m1/s1. The Morgan fingerprint density at radius 3 is 2.44 bits per heavy atom. The number of nitrogens with zero attached hydrogens (tertiary/aromatic N) is 1. The number of benzene rings is 1. The van der Waals surface area contributed by atoms with E-state index in [2.05, 4.69) is 0 Å². The second-order valence-electron chi connectivity index (χ2n) is 4.58. The molecule has 1 saturated heterocycles. The summed E-state index contributed by atoms with van der Waals surface area (Å²) in [5.74, 6) is 0. The largest absolute Gasteiger partial charge is 0.632 e. The number of aliphatic hydroxyl groups excluding tert-OH is 2. The van der Waals surface area contributed by atoms with Gasteiger partial charge in [-0.25, -0.2) is 0 Å². The van der Waals surface area contributed by atoms with Gasteiger partial charge in [0.25, 0.3) is 0 Å². The van der Waals surface area contributed by atoms with Crippen LogP contribution in [0.5, 0.6) is 0 Å². The van der Waals surface area contributed by atoms with Crippen LogP contribution in [0.3, 0.4) is 0 Å². The molecule has 4 nitrogen and oxygen atoms in total. The number of hydrogen-bond donors (Lipinski definition) is 2. The highest BCUT2D eigenvalue weighted by Gasteiger charge is 2.45. The Morgan fingerprint density at radius 1 is 1.31 bits per heavy atom. The van der Waals surface area contributed by atoms with Crippen molar-refractivity contribution in [2.24, 2.45) is 0 Å². The highest BCUT2D eigenvalue weighted by molar-refractivity contribution is 5.13. The SMILES string of the molecule is C[C@@H]1[C@@H](O)[C@@H](O)C[N+]1([O-])Cc1ccccc1. The maximum absolute atomic E-state index is 12.4. The summed E-state index contributed by atoms with van der Waals surface area (Å²) in [4.78, 5) is 0. The number of hydroxylamine groups is 3. The van der Waals surface area contributed by atoms with Crippen LogP contribution in [-0.2, 0) is 6.54 Å². The van der Waals surface area contributed by atoms with E-state index in [0.29, 0.717) is 6.54 Å². The molecule has 1 aromatic carbocycles. The van der Waals surface area contributed by atoms with Crippen molar-refractivity contribution in [1.82, 2.24) is 0 Å². The average Bonchev–Trinajstić information content (AvgIpc) is 2.44. The fraction of sp³-hybridized carbons (Fsp3) is 0.500. The average molecular weight is 223 g/mol. The van der Waals surface area contributed by atoms with Crippen LogP contribution in [0.25, 0.3) is 0 Å². The smallest absolute Gasteiger partial charge is 0.137 e. The van der Waals surface area contributed by atoms with E-state index in [4.69, 9.17) is 0 Å². The molecule has 1 fully saturated rings. The van der Waals surface area contributed by atoms with E-state index in [1.54, 1.807) is 6.92 Å². The molecule has 0 spiro atoms. The number of aliphatic hydroxyl groups is 2. The van der Waals surface area contributed by atoms with Crippen molar-refractivity contribution in [3.05, 3.63) is 41.1 Å². The van der Waals surface area contributed by atoms with Crippen molar-refractivity contribution in [2.75, 3.05) is 6.54 Å². The van der Waals surface area contributed by atoms with Gasteiger partial charge in [-0.3, -0.25) is 0 Å². The van der Waals surface area contributed by atoms with Crippen LogP contribution >= 0.6 is 0 Å². The van der Waals surface area contributed by atoms with Crippen LogP contribution in [0.2, 0.25) is 0 Å². The molecule has 0 amide bonds. The quantitative estimate of drug-likeness (QED) is 0.571. The molecule has 0 aliphatic carbocycles. The van der Waals surface area contributed by atoms with E-state index in [-0.39, 0.29) is 6.54 Å². The van der Waals surface area contributed by atoms with Gasteiger partial charge >= 0.3 is 0 Å². The Bertz CT molecular complexity index is 357. The van der Waals surface area contributed by atoms with Crippen molar-refractivity contribution in [1.29, 1.82) is 0 Å². The van der Waals surface area contributed by atoms with Crippen LogP contribution in [0.1, 0.15) is 12.5 Å². The van der Waals surface area contributed by atoms with Crippen molar-refractivity contribution in [3.63, 3.8) is 0 Å². The first-order valence-corrected chi connectivity index (χ1v) is 5.51. The molecule has 2 N–H and O–H groups in total. The van der Waals surface area contributed by atoms with Gasteiger partial charge in [0.1, 0.15) is 31.3 Å². The summed E-state index contributed by atoms with van der Waals surface area (Å²) in [6, 6.07) is 8.97. The third-order valence-corrected chi connectivity index (χ3v) is 3.42. The Labute approximate surface area is 94.9 Å². The minimum Gasteiger partial charge on any atom is -0.632 e. The molecule has 4 heteroatoms. The summed E-state index contributed by atoms with van der Waals surface area (Å²) in [5, 5.41) is 31.6. The Morgan fingerprint density at radius 2 is 1.94 bits per heavy atom. The lowest BCUT2D eigenvalue weighted by Gasteiger charge is -2.43. The van der Waals surface area contributed by atoms with Gasteiger partial charge < -0.3 is 20.1 Å². The van der Waals surface area contributed by atoms with Crippen LogP contribution in [0.4, 0.5) is 0 Å². The molecule has 0 radical (unpaired) electrons. The first-order valence-electron chi connectivity index (χ1n) is 5.51. The fourth-order valence-electron chi connectivity index (χ4n) is 2.29. The number of rotatable bonds is 2. The molecular formula is C12H17NO3. The second kappa shape index (κ2) is 4.14. The summed E-state index contributed by atoms with van der Waals surface area (Å²) >= 11 is 0. The lowest BCUT2D eigenvalue weighted by atomic mass is 10.1. The zero-order valence-corrected chi connectivity index (χ0v) is 9.28. The fourth-order valence-corrected chi connectivity index (χ4v) is 2.29. The molecule has 88 valence electrons. The molecule has 1 unspecified atom stereocenters. The maximum atomic E-state index is 12.4. The molecule has 1 aliphatic rings. The predicted octanol–water partition coefficient (Wildman–Crippen LogP) is 0.625. The van der Waals surface area contributed by atoms with Crippen LogP contribution in [0.15, 0.2) is 30.3 Å². The van der Waals surface area contributed by atoms with Crippen molar-refractivity contribution in [3.8, 4) is 0 Å². The van der Waals surface area contributed by atoms with E-state index >= 15 is 0 Å². The van der Waals surface area contributed by atoms with E-state index in [0.717, 1.165) is 5.56 Å². The summed E-state index contributed by atoms with van der Waals surface area (Å²) in [7, 11) is 0. The van der Waals surface area contributed by atoms with Crippen LogP contribution in [0, 0.1) is 5.21 Å². The molecule has 4 atom stereocenters. The number of hydrogen-bond acceptors (Lipinski definition) is 3. The molecule has 1 aliphatic heterocycles. The third-order valence-electron chi connectivity index (χ3n) is 3.42. The van der Waals surface area contributed by atoms with Crippen molar-refractivity contribution >= 4 is 0 Å². The predicted molar refractivity (Wildman–Crippen MR) is 60.1 cm³/mol. The van der Waals surface area contributed by atoms with Gasteiger partial charge in [-0.1, -0.05) is 30.3 Å². The lowest BCUT2D eigenvalue weighted by Crippen LogP contribution is -2.46. The van der Waals surface area contributed by atoms with Gasteiger partial charge in [-0.2, -0.15) is 0 Å². The van der Waals surface area contributed by atoms with Gasteiger partial charge in [0.05, 0.1) is 0 Å². The Balaban J connectivity index is 2.15. The van der Waals surface area contributed by atoms with Gasteiger partial charge in [-0.05, 0) is 6.92 Å². The van der Waals surface area contributed by atoms with Crippen molar-refractivity contribution in [2.45, 2.75) is 31.7 Å². The van der Waals surface area contributed by atoms with Crippen LogP contribution in [-0.4, -0.2) is 39.7 Å². The Hall–Kier alpha value is -0.940. The second-order valence-corrected chi connectivity index (χ2v) is 4.58. The minimum absolute atomic E-state index is 0.0667. The molecule has 1 heterocycles. The van der Waals surface area contributed by atoms with Gasteiger partial charge in [0, 0.05) is 5.56 Å². The van der Waals surface area contributed by atoms with E-state index in [1.165, 1.54) is 0 Å². The number of quaternary nitrogens is 1. The minimum atomic E-state index is -0.916. The maximum Gasteiger partial charge on any atom is 0.137 e. The summed E-state index contributed by atoms with van der Waals surface area (Å²) in [6.07, 6.45) is -1.82. The first kappa shape index (κ1) is 11.5. The molecule has 0 bridgehead atoms. The van der Waals surface area contributed by atoms with Crippen molar-refractivity contribution < 1.29 is 14.9 Å². The summed E-state index contributed by atoms with van der Waals surface area (Å²) in [5.41, 5.74) is 0.936. The topological polar surface area (TPSA) is 63.5 Å². The summed E-state index contributed by atoms with van der Waals surface area (Å²) in [6.45, 7) is 2.06. The monoisotopic (exact) mass is 223 g/mol. The molecular weight excluding hydrogens is 206 g/mol. The summed E-state index contributed by atoms with van der Waals surface area (Å²) < 4.78 is -0.549. The van der Waals surface area contributed by atoms with Gasteiger partial charge in [-0.15, -0.1) is 0 Å². The zero-order chi connectivity index (χ0) is 11.8. The third kappa shape index (κ3) is 1.97. The van der Waals surface area contributed by atoms with E-state index < -0.39 is 22.9 Å². The number of likely N-dealkylation sites (tertiary alicyclic amines) is 1. The highest BCUT2D eigenvalue weighted by Crippen LogP contribution is 2.28. The van der Waals surface area contributed by atoms with Gasteiger partial charge in [0.15, 0.2) is 0 Å². The van der Waals surface area contributed by atoms with E-state index in [1.807, 2.05) is 30.3 Å². The molecule has 1 aromatic rings. The first-order chi connectivity index (χ1) is 7.53. The molecule has 0 saturated carbocycles. The molecule has 0 aromatic heterocycles. The highest BCUT2D eigenvalue weighted by atomic mass is 16.6. The lowest BCUT2D eigenvalue weighted by molar-refractivity contribution is -0.906. The van der Waals surface area contributed by atoms with Crippen LogP contribution < -0.4 is 0 Å². The zero-order valence-electron chi connectivity index (χ0n) is 9.28. The molecule has 2 rings (SSSR count). The normalized spacial score (nSPS) is 38.9. The van der Waals surface area contributed by atoms with Gasteiger partial charge in [0.2, 0.25) is 0 Å².